The van der Waals surface area contributed by atoms with E-state index in [4.69, 9.17) is 4.74 Å². The van der Waals surface area contributed by atoms with E-state index in [9.17, 15) is 4.79 Å². The van der Waals surface area contributed by atoms with Crippen molar-refractivity contribution in [1.29, 1.82) is 0 Å². The van der Waals surface area contributed by atoms with Gasteiger partial charge in [0.15, 0.2) is 5.60 Å². The molecule has 4 rings (SSSR count). The molecule has 2 saturated heterocycles. The molecule has 2 bridgehead atoms. The molecular formula is C12H13NO2. The molecule has 4 aliphatic rings. The van der Waals surface area contributed by atoms with Gasteiger partial charge in [0.2, 0.25) is 0 Å². The van der Waals surface area contributed by atoms with Crippen LogP contribution in [0.1, 0.15) is 19.3 Å². The van der Waals surface area contributed by atoms with Crippen LogP contribution in [-0.4, -0.2) is 35.1 Å². The standard InChI is InChI=1S/C12H13NO2/c14-11-6-8-3-4-9-7-12(8,15-11)10-2-1-5-13(9)10/h3-4,6,9-10H,1-2,5,7H2. The maximum Gasteiger partial charge on any atom is 0.332 e. The van der Waals surface area contributed by atoms with Crippen LogP contribution in [0.3, 0.4) is 0 Å². The number of rotatable bonds is 0. The van der Waals surface area contributed by atoms with Crippen molar-refractivity contribution in [3.05, 3.63) is 23.8 Å². The van der Waals surface area contributed by atoms with Crippen molar-refractivity contribution in [3.63, 3.8) is 0 Å². The van der Waals surface area contributed by atoms with Crippen molar-refractivity contribution in [2.75, 3.05) is 6.54 Å². The molecule has 3 heteroatoms. The summed E-state index contributed by atoms with van der Waals surface area (Å²) in [7, 11) is 0. The molecule has 1 spiro atoms. The van der Waals surface area contributed by atoms with Crippen LogP contribution in [0, 0.1) is 0 Å². The van der Waals surface area contributed by atoms with Crippen LogP contribution in [-0.2, 0) is 9.53 Å². The molecular weight excluding hydrogens is 190 g/mol. The number of ether oxygens (including phenoxy) is 1. The van der Waals surface area contributed by atoms with Crippen LogP contribution in [0.5, 0.6) is 0 Å². The summed E-state index contributed by atoms with van der Waals surface area (Å²) < 4.78 is 5.63. The molecule has 0 amide bonds. The number of esters is 1. The highest BCUT2D eigenvalue weighted by atomic mass is 16.6. The fourth-order valence-corrected chi connectivity index (χ4v) is 3.77. The number of hydrogen-bond acceptors (Lipinski definition) is 3. The normalized spacial score (nSPS) is 46.4. The highest BCUT2D eigenvalue weighted by Gasteiger charge is 2.60. The SMILES string of the molecule is O=C1C=C2C=CC3CC2(O1)C1CCCN31. The Morgan fingerprint density at radius 2 is 2.47 bits per heavy atom. The predicted octanol–water partition coefficient (Wildman–Crippen LogP) is 1.01. The third kappa shape index (κ3) is 0.797. The second-order valence-corrected chi connectivity index (χ2v) is 4.94. The van der Waals surface area contributed by atoms with Gasteiger partial charge in [-0.3, -0.25) is 4.90 Å². The van der Waals surface area contributed by atoms with Crippen LogP contribution in [0.25, 0.3) is 0 Å². The topological polar surface area (TPSA) is 29.5 Å². The molecule has 1 aliphatic carbocycles. The van der Waals surface area contributed by atoms with Gasteiger partial charge in [-0.2, -0.15) is 0 Å². The first-order chi connectivity index (χ1) is 7.29. The van der Waals surface area contributed by atoms with Gasteiger partial charge >= 0.3 is 5.97 Å². The Morgan fingerprint density at radius 3 is 3.40 bits per heavy atom. The first-order valence-corrected chi connectivity index (χ1v) is 5.69. The van der Waals surface area contributed by atoms with Crippen molar-refractivity contribution in [2.24, 2.45) is 0 Å². The monoisotopic (exact) mass is 203 g/mol. The molecule has 3 nitrogen and oxygen atoms in total. The van der Waals surface area contributed by atoms with E-state index in [1.807, 2.05) is 0 Å². The Hall–Kier alpha value is -1.09. The van der Waals surface area contributed by atoms with E-state index in [1.165, 1.54) is 12.8 Å². The molecule has 0 aromatic rings. The fraction of sp³-hybridized carbons (Fsp3) is 0.583. The lowest BCUT2D eigenvalue weighted by Gasteiger charge is -2.31. The van der Waals surface area contributed by atoms with E-state index in [0.29, 0.717) is 12.1 Å². The first kappa shape index (κ1) is 8.11. The van der Waals surface area contributed by atoms with E-state index in [1.54, 1.807) is 6.08 Å². The second kappa shape index (κ2) is 2.35. The zero-order valence-corrected chi connectivity index (χ0v) is 8.48. The minimum absolute atomic E-state index is 0.149. The van der Waals surface area contributed by atoms with Gasteiger partial charge in [-0.15, -0.1) is 0 Å². The van der Waals surface area contributed by atoms with Crippen LogP contribution in [0.15, 0.2) is 23.8 Å². The second-order valence-electron chi connectivity index (χ2n) is 4.94. The molecule has 0 saturated carbocycles. The van der Waals surface area contributed by atoms with Gasteiger partial charge in [0.1, 0.15) is 0 Å². The molecule has 2 fully saturated rings. The third-order valence-electron chi connectivity index (χ3n) is 4.31. The summed E-state index contributed by atoms with van der Waals surface area (Å²) in [6.45, 7) is 1.16. The van der Waals surface area contributed by atoms with Crippen molar-refractivity contribution < 1.29 is 9.53 Å². The zero-order chi connectivity index (χ0) is 10.0. The van der Waals surface area contributed by atoms with Gasteiger partial charge in [-0.25, -0.2) is 4.79 Å². The fourth-order valence-electron chi connectivity index (χ4n) is 3.77. The summed E-state index contributed by atoms with van der Waals surface area (Å²) in [4.78, 5) is 13.9. The highest BCUT2D eigenvalue weighted by Crippen LogP contribution is 2.51. The van der Waals surface area contributed by atoms with E-state index < -0.39 is 0 Å². The molecule has 0 N–H and O–H groups in total. The molecule has 0 aromatic carbocycles. The lowest BCUT2D eigenvalue weighted by Crippen LogP contribution is -2.42. The Bertz CT molecular complexity index is 412. The van der Waals surface area contributed by atoms with E-state index >= 15 is 0 Å². The summed E-state index contributed by atoms with van der Waals surface area (Å²) in [6, 6.07) is 0.941. The quantitative estimate of drug-likeness (QED) is 0.550. The average molecular weight is 203 g/mol. The molecule has 78 valence electrons. The Balaban J connectivity index is 1.89. The molecule has 0 aromatic heterocycles. The van der Waals surface area contributed by atoms with E-state index in [0.717, 1.165) is 18.5 Å². The lowest BCUT2D eigenvalue weighted by atomic mass is 9.81. The highest BCUT2D eigenvalue weighted by molar-refractivity contribution is 5.88. The minimum atomic E-state index is -0.271. The van der Waals surface area contributed by atoms with E-state index in [2.05, 4.69) is 17.1 Å². The van der Waals surface area contributed by atoms with Gasteiger partial charge in [0.05, 0.1) is 6.04 Å². The lowest BCUT2D eigenvalue weighted by molar-refractivity contribution is -0.147. The largest absolute Gasteiger partial charge is 0.449 e. The van der Waals surface area contributed by atoms with Crippen molar-refractivity contribution in [3.8, 4) is 0 Å². The molecule has 3 unspecified atom stereocenters. The zero-order valence-electron chi connectivity index (χ0n) is 8.48. The predicted molar refractivity (Wildman–Crippen MR) is 54.2 cm³/mol. The number of carbonyl (C=O) groups is 1. The Labute approximate surface area is 88.4 Å². The van der Waals surface area contributed by atoms with Crippen molar-refractivity contribution in [2.45, 2.75) is 36.9 Å². The summed E-state index contributed by atoms with van der Waals surface area (Å²) in [5, 5.41) is 0. The maximum atomic E-state index is 11.4. The van der Waals surface area contributed by atoms with E-state index in [-0.39, 0.29) is 11.6 Å². The summed E-state index contributed by atoms with van der Waals surface area (Å²) in [6.07, 6.45) is 9.39. The first-order valence-electron chi connectivity index (χ1n) is 5.69. The van der Waals surface area contributed by atoms with Crippen LogP contribution in [0.4, 0.5) is 0 Å². The maximum absolute atomic E-state index is 11.4. The molecule has 15 heavy (non-hydrogen) atoms. The molecule has 3 heterocycles. The molecule has 3 atom stereocenters. The number of nitrogens with zero attached hydrogens (tertiary/aromatic N) is 1. The number of carbonyl (C=O) groups excluding carboxylic acids is 1. The van der Waals surface area contributed by atoms with Crippen LogP contribution in [0.2, 0.25) is 0 Å². The number of fused-ring (bicyclic) bond motifs is 3. The van der Waals surface area contributed by atoms with Gasteiger partial charge in [0.25, 0.3) is 0 Å². The Morgan fingerprint density at radius 1 is 1.53 bits per heavy atom. The van der Waals surface area contributed by atoms with Gasteiger partial charge < -0.3 is 4.74 Å². The third-order valence-corrected chi connectivity index (χ3v) is 4.31. The summed E-state index contributed by atoms with van der Waals surface area (Å²) in [5.41, 5.74) is 0.839. The summed E-state index contributed by atoms with van der Waals surface area (Å²) in [5.74, 6) is -0.149. The molecule has 0 radical (unpaired) electrons. The smallest absolute Gasteiger partial charge is 0.332 e. The van der Waals surface area contributed by atoms with Gasteiger partial charge in [-0.1, -0.05) is 12.2 Å². The summed E-state index contributed by atoms with van der Waals surface area (Å²) >= 11 is 0. The van der Waals surface area contributed by atoms with Crippen LogP contribution >= 0.6 is 0 Å². The van der Waals surface area contributed by atoms with Crippen molar-refractivity contribution >= 4 is 5.97 Å². The molecule has 3 aliphatic heterocycles. The number of hydrogen-bond donors (Lipinski definition) is 0. The average Bonchev–Trinajstić information content (AvgIpc) is 2.82. The Kier molecular flexibility index (Phi) is 1.27. The van der Waals surface area contributed by atoms with Crippen LogP contribution < -0.4 is 0 Å². The van der Waals surface area contributed by atoms with Gasteiger partial charge in [0, 0.05) is 24.1 Å². The minimum Gasteiger partial charge on any atom is -0.449 e. The van der Waals surface area contributed by atoms with Crippen molar-refractivity contribution in [1.82, 2.24) is 4.90 Å². The van der Waals surface area contributed by atoms with Gasteiger partial charge in [-0.05, 0) is 19.4 Å².